The van der Waals surface area contributed by atoms with Crippen LogP contribution in [0.3, 0.4) is 0 Å². The molecule has 4 rings (SSSR count). The summed E-state index contributed by atoms with van der Waals surface area (Å²) in [6.07, 6.45) is -6.38. The highest BCUT2D eigenvalue weighted by Gasteiger charge is 2.47. The van der Waals surface area contributed by atoms with Gasteiger partial charge in [-0.25, -0.2) is 0 Å². The molecule has 2 atom stereocenters. The minimum atomic E-state index is -4.65. The van der Waals surface area contributed by atoms with Gasteiger partial charge in [-0.1, -0.05) is 78.4 Å². The molecular formula is C25H24F3NO. The van der Waals surface area contributed by atoms with Crippen LogP contribution in [0.25, 0.3) is 0 Å². The van der Waals surface area contributed by atoms with E-state index in [2.05, 4.69) is 12.1 Å². The topological polar surface area (TPSA) is 23.5 Å². The summed E-state index contributed by atoms with van der Waals surface area (Å²) < 4.78 is 39.4. The van der Waals surface area contributed by atoms with Crippen LogP contribution in [-0.2, 0) is 11.8 Å². The highest BCUT2D eigenvalue weighted by Crippen LogP contribution is 2.47. The minimum Gasteiger partial charge on any atom is -0.382 e. The molecule has 30 heavy (non-hydrogen) atoms. The molecule has 1 aliphatic heterocycles. The van der Waals surface area contributed by atoms with Crippen LogP contribution in [0.4, 0.5) is 18.9 Å². The van der Waals surface area contributed by atoms with Crippen molar-refractivity contribution in [3.05, 3.63) is 101 Å². The van der Waals surface area contributed by atoms with Gasteiger partial charge >= 0.3 is 6.18 Å². The molecule has 0 saturated carbocycles. The maximum absolute atomic E-state index is 13.1. The van der Waals surface area contributed by atoms with Crippen molar-refractivity contribution in [3.8, 4) is 0 Å². The second kappa shape index (κ2) is 7.80. The molecule has 3 aromatic carbocycles. The molecule has 2 nitrogen and oxygen atoms in total. The highest BCUT2D eigenvalue weighted by molar-refractivity contribution is 5.67. The molecule has 1 N–H and O–H groups in total. The van der Waals surface area contributed by atoms with Gasteiger partial charge in [0.2, 0.25) is 0 Å². The number of para-hydroxylation sites is 1. The number of rotatable bonds is 5. The second-order valence-corrected chi connectivity index (χ2v) is 8.07. The number of fused-ring (bicyclic) bond motifs is 1. The lowest BCUT2D eigenvalue weighted by molar-refractivity contribution is -0.200. The number of β-amino-alcohol motifs (C(OH)–C–C–N with tert-alkyl or cyclic N) is 1. The standard InChI is InChI=1S/C25H24F3NO/c1-18-8-7-11-20(14-18)24(15-19-9-3-2-4-10-19)17-29(16-23(30)25(26,27)28)22-13-6-5-12-21(22)24/h2-14,23,30H,15-17H2,1H3/t23-,24?/m1/s1. The zero-order valence-electron chi connectivity index (χ0n) is 16.7. The third-order valence-corrected chi connectivity index (χ3v) is 5.91. The number of nitrogens with zero attached hydrogens (tertiary/aromatic N) is 1. The summed E-state index contributed by atoms with van der Waals surface area (Å²) in [4.78, 5) is 1.68. The molecule has 0 aromatic heterocycles. The van der Waals surface area contributed by atoms with Gasteiger partial charge in [-0.05, 0) is 36.1 Å². The number of aliphatic hydroxyl groups excluding tert-OH is 1. The van der Waals surface area contributed by atoms with Crippen LogP contribution in [0.15, 0.2) is 78.9 Å². The zero-order chi connectivity index (χ0) is 21.4. The van der Waals surface area contributed by atoms with Crippen LogP contribution in [0.5, 0.6) is 0 Å². The van der Waals surface area contributed by atoms with Gasteiger partial charge in [-0.2, -0.15) is 13.2 Å². The van der Waals surface area contributed by atoms with Gasteiger partial charge in [0.1, 0.15) is 0 Å². The maximum Gasteiger partial charge on any atom is 0.416 e. The molecule has 3 aromatic rings. The second-order valence-electron chi connectivity index (χ2n) is 8.07. The Hall–Kier alpha value is -2.79. The third kappa shape index (κ3) is 3.82. The van der Waals surface area contributed by atoms with Crippen LogP contribution >= 0.6 is 0 Å². The van der Waals surface area contributed by atoms with Gasteiger partial charge in [-0.3, -0.25) is 0 Å². The summed E-state index contributed by atoms with van der Waals surface area (Å²) in [5, 5.41) is 9.78. The first-order chi connectivity index (χ1) is 14.3. The van der Waals surface area contributed by atoms with Crippen molar-refractivity contribution in [2.45, 2.75) is 31.0 Å². The van der Waals surface area contributed by atoms with Crippen LogP contribution < -0.4 is 4.90 Å². The van der Waals surface area contributed by atoms with Crippen LogP contribution in [0.2, 0.25) is 0 Å². The van der Waals surface area contributed by atoms with E-state index in [1.807, 2.05) is 73.7 Å². The van der Waals surface area contributed by atoms with Gasteiger partial charge in [-0.15, -0.1) is 0 Å². The quantitative estimate of drug-likeness (QED) is 0.619. The van der Waals surface area contributed by atoms with E-state index in [-0.39, 0.29) is 0 Å². The van der Waals surface area contributed by atoms with Crippen molar-refractivity contribution >= 4 is 5.69 Å². The summed E-state index contributed by atoms with van der Waals surface area (Å²) in [5.41, 5.74) is 4.53. The van der Waals surface area contributed by atoms with E-state index >= 15 is 0 Å². The van der Waals surface area contributed by atoms with Gasteiger partial charge in [0.15, 0.2) is 6.10 Å². The summed E-state index contributed by atoms with van der Waals surface area (Å²) >= 11 is 0. The Labute approximate surface area is 174 Å². The predicted molar refractivity (Wildman–Crippen MR) is 113 cm³/mol. The first kappa shape index (κ1) is 20.5. The number of halogens is 3. The van der Waals surface area contributed by atoms with E-state index in [9.17, 15) is 18.3 Å². The fourth-order valence-corrected chi connectivity index (χ4v) is 4.51. The fourth-order valence-electron chi connectivity index (χ4n) is 4.51. The van der Waals surface area contributed by atoms with Crippen LogP contribution in [-0.4, -0.2) is 30.5 Å². The van der Waals surface area contributed by atoms with E-state index in [0.717, 1.165) is 27.9 Å². The minimum absolute atomic E-state index is 0.373. The number of hydrogen-bond acceptors (Lipinski definition) is 2. The fraction of sp³-hybridized carbons (Fsp3) is 0.280. The van der Waals surface area contributed by atoms with Gasteiger partial charge in [0, 0.05) is 17.6 Å². The van der Waals surface area contributed by atoms with Crippen molar-refractivity contribution in [1.82, 2.24) is 0 Å². The molecule has 0 fully saturated rings. The van der Waals surface area contributed by atoms with Gasteiger partial charge in [0.05, 0.1) is 6.54 Å². The Morgan fingerprint density at radius 2 is 1.67 bits per heavy atom. The van der Waals surface area contributed by atoms with Crippen molar-refractivity contribution in [3.63, 3.8) is 0 Å². The Morgan fingerprint density at radius 1 is 0.967 bits per heavy atom. The third-order valence-electron chi connectivity index (χ3n) is 5.91. The Balaban J connectivity index is 1.83. The Morgan fingerprint density at radius 3 is 2.37 bits per heavy atom. The van der Waals surface area contributed by atoms with Crippen molar-refractivity contribution in [2.75, 3.05) is 18.0 Å². The molecular weight excluding hydrogens is 387 g/mol. The number of aliphatic hydroxyl groups is 1. The summed E-state index contributed by atoms with van der Waals surface area (Å²) in [6.45, 7) is 1.91. The van der Waals surface area contributed by atoms with E-state index < -0.39 is 24.2 Å². The molecule has 1 unspecified atom stereocenters. The van der Waals surface area contributed by atoms with Crippen molar-refractivity contribution < 1.29 is 18.3 Å². The van der Waals surface area contributed by atoms with Crippen molar-refractivity contribution in [2.24, 2.45) is 0 Å². The van der Waals surface area contributed by atoms with Crippen LogP contribution in [0.1, 0.15) is 22.3 Å². The SMILES string of the molecule is Cc1cccc(C2(Cc3ccccc3)CN(C[C@@H](O)C(F)(F)F)c3ccccc32)c1. The first-order valence-corrected chi connectivity index (χ1v) is 10.00. The number of alkyl halides is 3. The van der Waals surface area contributed by atoms with E-state index in [1.165, 1.54) is 0 Å². The highest BCUT2D eigenvalue weighted by atomic mass is 19.4. The smallest absolute Gasteiger partial charge is 0.382 e. The monoisotopic (exact) mass is 411 g/mol. The summed E-state index contributed by atoms with van der Waals surface area (Å²) in [5.74, 6) is 0. The summed E-state index contributed by atoms with van der Waals surface area (Å²) in [7, 11) is 0. The molecule has 0 amide bonds. The number of aryl methyl sites for hydroxylation is 1. The summed E-state index contributed by atoms with van der Waals surface area (Å²) in [6, 6.07) is 25.8. The molecule has 0 aliphatic carbocycles. The zero-order valence-corrected chi connectivity index (χ0v) is 16.7. The van der Waals surface area contributed by atoms with Gasteiger partial charge in [0.25, 0.3) is 0 Å². The maximum atomic E-state index is 13.1. The first-order valence-electron chi connectivity index (χ1n) is 10.00. The lowest BCUT2D eigenvalue weighted by Crippen LogP contribution is -2.44. The number of benzene rings is 3. The van der Waals surface area contributed by atoms with E-state index in [0.29, 0.717) is 13.0 Å². The molecule has 1 heterocycles. The normalized spacial score (nSPS) is 19.6. The predicted octanol–water partition coefficient (Wildman–Crippen LogP) is 5.27. The molecule has 0 spiro atoms. The molecule has 0 bridgehead atoms. The molecule has 5 heteroatoms. The lowest BCUT2D eigenvalue weighted by atomic mass is 9.71. The van der Waals surface area contributed by atoms with Gasteiger partial charge < -0.3 is 10.0 Å². The molecule has 0 radical (unpaired) electrons. The Bertz CT molecular complexity index is 1020. The number of anilines is 1. The Kier molecular flexibility index (Phi) is 5.33. The average molecular weight is 411 g/mol. The van der Waals surface area contributed by atoms with Crippen molar-refractivity contribution in [1.29, 1.82) is 0 Å². The lowest BCUT2D eigenvalue weighted by Gasteiger charge is -2.33. The van der Waals surface area contributed by atoms with E-state index in [4.69, 9.17) is 0 Å². The van der Waals surface area contributed by atoms with Crippen LogP contribution in [0, 0.1) is 6.92 Å². The molecule has 156 valence electrons. The van der Waals surface area contributed by atoms with E-state index in [1.54, 1.807) is 4.90 Å². The molecule has 1 aliphatic rings. The molecule has 0 saturated heterocycles. The number of hydrogen-bond donors (Lipinski definition) is 1. The average Bonchev–Trinajstić information content (AvgIpc) is 3.03. The largest absolute Gasteiger partial charge is 0.416 e.